The van der Waals surface area contributed by atoms with E-state index in [-0.39, 0.29) is 9.92 Å². The third-order valence-corrected chi connectivity index (χ3v) is 4.52. The summed E-state index contributed by atoms with van der Waals surface area (Å²) in [4.78, 5) is 13.8. The topological polar surface area (TPSA) is 70.2 Å². The maximum Gasteiger partial charge on any atom is 0.248 e. The molecular formula is C9H13ClN2O3S. The average Bonchev–Trinajstić information content (AvgIpc) is 2.23. The molecule has 1 rings (SSSR count). The number of aromatic amines is 1. The minimum atomic E-state index is -3.75. The summed E-state index contributed by atoms with van der Waals surface area (Å²) in [6.45, 7) is 4.04. The number of H-pyrrole nitrogens is 1. The van der Waals surface area contributed by atoms with Gasteiger partial charge in [0, 0.05) is 25.5 Å². The molecule has 0 fully saturated rings. The van der Waals surface area contributed by atoms with Crippen molar-refractivity contribution in [3.05, 3.63) is 27.6 Å². The van der Waals surface area contributed by atoms with Crippen LogP contribution in [0.4, 0.5) is 0 Å². The lowest BCUT2D eigenvalue weighted by molar-refractivity contribution is 0.444. The van der Waals surface area contributed by atoms with E-state index in [2.05, 4.69) is 4.98 Å². The molecule has 0 aromatic carbocycles. The molecule has 1 N–H and O–H groups in total. The van der Waals surface area contributed by atoms with Crippen LogP contribution < -0.4 is 5.43 Å². The summed E-state index contributed by atoms with van der Waals surface area (Å²) in [6.07, 6.45) is 2.41. The number of aromatic nitrogens is 1. The maximum absolute atomic E-state index is 12.0. The number of hydrogen-bond acceptors (Lipinski definition) is 3. The van der Waals surface area contributed by atoms with E-state index in [1.807, 2.05) is 0 Å². The predicted octanol–water partition coefficient (Wildman–Crippen LogP) is 1.06. The molecule has 1 aromatic rings. The Kier molecular flexibility index (Phi) is 4.12. The van der Waals surface area contributed by atoms with Crippen molar-refractivity contribution in [2.75, 3.05) is 13.1 Å². The number of nitrogens with zero attached hydrogens (tertiary/aromatic N) is 1. The zero-order valence-electron chi connectivity index (χ0n) is 9.03. The Balaban J connectivity index is 3.39. The molecular weight excluding hydrogens is 252 g/mol. The molecule has 0 atom stereocenters. The molecule has 5 nitrogen and oxygen atoms in total. The van der Waals surface area contributed by atoms with Gasteiger partial charge in [-0.15, -0.1) is 0 Å². The monoisotopic (exact) mass is 264 g/mol. The zero-order chi connectivity index (χ0) is 12.3. The van der Waals surface area contributed by atoms with Gasteiger partial charge in [-0.05, 0) is 0 Å². The van der Waals surface area contributed by atoms with E-state index >= 15 is 0 Å². The first-order valence-corrected chi connectivity index (χ1v) is 6.63. The van der Waals surface area contributed by atoms with Gasteiger partial charge in [-0.25, -0.2) is 8.42 Å². The zero-order valence-corrected chi connectivity index (χ0v) is 10.6. The fourth-order valence-electron chi connectivity index (χ4n) is 1.33. The summed E-state index contributed by atoms with van der Waals surface area (Å²) in [6, 6.07) is 0. The SMILES string of the molecule is CCN(CC)S(=O)(=O)c1c[nH]cc(Cl)c1=O. The van der Waals surface area contributed by atoms with Gasteiger partial charge in [-0.2, -0.15) is 4.31 Å². The van der Waals surface area contributed by atoms with Gasteiger partial charge in [0.2, 0.25) is 15.5 Å². The smallest absolute Gasteiger partial charge is 0.248 e. The fourth-order valence-corrected chi connectivity index (χ4v) is 3.07. The summed E-state index contributed by atoms with van der Waals surface area (Å²) in [5, 5.41) is -0.131. The van der Waals surface area contributed by atoms with Gasteiger partial charge in [0.1, 0.15) is 9.92 Å². The Bertz CT molecular complexity index is 520. The lowest BCUT2D eigenvalue weighted by Crippen LogP contribution is -2.33. The van der Waals surface area contributed by atoms with E-state index < -0.39 is 15.5 Å². The van der Waals surface area contributed by atoms with Crippen molar-refractivity contribution in [3.63, 3.8) is 0 Å². The lowest BCUT2D eigenvalue weighted by Gasteiger charge is -2.17. The normalized spacial score (nSPS) is 12.0. The molecule has 0 saturated carbocycles. The van der Waals surface area contributed by atoms with Crippen LogP contribution in [0.25, 0.3) is 0 Å². The summed E-state index contributed by atoms with van der Waals surface area (Å²) >= 11 is 5.58. The van der Waals surface area contributed by atoms with Crippen LogP contribution in [0.15, 0.2) is 22.1 Å². The molecule has 0 bridgehead atoms. The molecule has 0 aliphatic rings. The van der Waals surface area contributed by atoms with Crippen LogP contribution in [0.5, 0.6) is 0 Å². The molecule has 0 radical (unpaired) electrons. The fraction of sp³-hybridized carbons (Fsp3) is 0.444. The third kappa shape index (κ3) is 2.28. The number of nitrogens with one attached hydrogen (secondary N) is 1. The summed E-state index contributed by atoms with van der Waals surface area (Å²) < 4.78 is 25.2. The molecule has 0 spiro atoms. The number of sulfonamides is 1. The van der Waals surface area contributed by atoms with Gasteiger partial charge in [-0.1, -0.05) is 25.4 Å². The second-order valence-electron chi connectivity index (χ2n) is 3.09. The van der Waals surface area contributed by atoms with Crippen LogP contribution in [0.1, 0.15) is 13.8 Å². The van der Waals surface area contributed by atoms with Gasteiger partial charge < -0.3 is 4.98 Å². The molecule has 0 aliphatic heterocycles. The molecule has 7 heteroatoms. The number of pyridine rings is 1. The highest BCUT2D eigenvalue weighted by molar-refractivity contribution is 7.89. The Morgan fingerprint density at radius 3 is 2.38 bits per heavy atom. The average molecular weight is 265 g/mol. The van der Waals surface area contributed by atoms with Crippen LogP contribution in [-0.4, -0.2) is 30.8 Å². The minimum Gasteiger partial charge on any atom is -0.365 e. The Morgan fingerprint density at radius 2 is 1.88 bits per heavy atom. The Labute approximate surface area is 99.1 Å². The molecule has 90 valence electrons. The van der Waals surface area contributed by atoms with Gasteiger partial charge >= 0.3 is 0 Å². The number of halogens is 1. The highest BCUT2D eigenvalue weighted by Gasteiger charge is 2.25. The minimum absolute atomic E-state index is 0.131. The molecule has 0 unspecified atom stereocenters. The molecule has 0 amide bonds. The van der Waals surface area contributed by atoms with Gasteiger partial charge in [-0.3, -0.25) is 4.79 Å². The van der Waals surface area contributed by atoms with E-state index in [1.165, 1.54) is 10.5 Å². The largest absolute Gasteiger partial charge is 0.365 e. The first kappa shape index (κ1) is 13.2. The van der Waals surface area contributed by atoms with Crippen molar-refractivity contribution < 1.29 is 8.42 Å². The maximum atomic E-state index is 12.0. The van der Waals surface area contributed by atoms with E-state index in [9.17, 15) is 13.2 Å². The summed E-state index contributed by atoms with van der Waals surface area (Å²) in [5.74, 6) is 0. The number of rotatable bonds is 4. The highest BCUT2D eigenvalue weighted by Crippen LogP contribution is 2.12. The van der Waals surface area contributed by atoms with Gasteiger partial charge in [0.05, 0.1) is 0 Å². The highest BCUT2D eigenvalue weighted by atomic mass is 35.5. The second-order valence-corrected chi connectivity index (χ2v) is 5.40. The Hall–Kier alpha value is -0.850. The van der Waals surface area contributed by atoms with Crippen LogP contribution in [0, 0.1) is 0 Å². The molecule has 1 heterocycles. The summed E-state index contributed by atoms with van der Waals surface area (Å²) in [5.41, 5.74) is -0.674. The van der Waals surface area contributed by atoms with Crippen LogP contribution in [-0.2, 0) is 10.0 Å². The van der Waals surface area contributed by atoms with Crippen molar-refractivity contribution >= 4 is 21.6 Å². The van der Waals surface area contributed by atoms with Crippen molar-refractivity contribution in [2.45, 2.75) is 18.7 Å². The first-order valence-electron chi connectivity index (χ1n) is 4.81. The van der Waals surface area contributed by atoms with E-state index in [4.69, 9.17) is 11.6 Å². The van der Waals surface area contributed by atoms with E-state index in [0.717, 1.165) is 6.20 Å². The molecule has 1 aromatic heterocycles. The van der Waals surface area contributed by atoms with Crippen molar-refractivity contribution in [1.82, 2.24) is 9.29 Å². The lowest BCUT2D eigenvalue weighted by atomic mass is 10.5. The van der Waals surface area contributed by atoms with Gasteiger partial charge in [0.25, 0.3) is 0 Å². The van der Waals surface area contributed by atoms with Crippen LogP contribution in [0.2, 0.25) is 5.02 Å². The quantitative estimate of drug-likeness (QED) is 0.884. The van der Waals surface area contributed by atoms with Crippen LogP contribution >= 0.6 is 11.6 Å². The van der Waals surface area contributed by atoms with E-state index in [0.29, 0.717) is 13.1 Å². The van der Waals surface area contributed by atoms with Crippen molar-refractivity contribution in [3.8, 4) is 0 Å². The number of hydrogen-bond donors (Lipinski definition) is 1. The van der Waals surface area contributed by atoms with Gasteiger partial charge in [0.15, 0.2) is 0 Å². The standard InChI is InChI=1S/C9H13ClN2O3S/c1-3-12(4-2)16(14,15)8-6-11-5-7(10)9(8)13/h5-6H,3-4H2,1-2H3,(H,11,13). The predicted molar refractivity (Wildman–Crippen MR) is 62.2 cm³/mol. The molecule has 16 heavy (non-hydrogen) atoms. The molecule has 0 aliphatic carbocycles. The third-order valence-electron chi connectivity index (χ3n) is 2.19. The van der Waals surface area contributed by atoms with Crippen LogP contribution in [0.3, 0.4) is 0 Å². The second kappa shape index (κ2) is 4.99. The van der Waals surface area contributed by atoms with Crippen molar-refractivity contribution in [1.29, 1.82) is 0 Å². The molecule has 0 saturated heterocycles. The van der Waals surface area contributed by atoms with E-state index in [1.54, 1.807) is 13.8 Å². The summed E-state index contributed by atoms with van der Waals surface area (Å²) in [7, 11) is -3.75. The Morgan fingerprint density at radius 1 is 1.31 bits per heavy atom. The first-order chi connectivity index (χ1) is 7.45. The van der Waals surface area contributed by atoms with Crippen molar-refractivity contribution in [2.24, 2.45) is 0 Å².